The van der Waals surface area contributed by atoms with Crippen LogP contribution in [-0.4, -0.2) is 14.7 Å². The molecule has 0 saturated heterocycles. The van der Waals surface area contributed by atoms with Crippen molar-refractivity contribution in [2.45, 2.75) is 6.54 Å². The third kappa shape index (κ3) is 2.74. The molecule has 0 atom stereocenters. The molecule has 0 radical (unpaired) electrons. The average molecular weight is 241 g/mol. The van der Waals surface area contributed by atoms with Gasteiger partial charge in [0, 0.05) is 0 Å². The summed E-state index contributed by atoms with van der Waals surface area (Å²) in [6.45, 7) is 0.138. The lowest BCUT2D eigenvalue weighted by Gasteiger charge is -1.98. The average Bonchev–Trinajstić information content (AvgIpc) is 2.84. The quantitative estimate of drug-likeness (QED) is 0.882. The van der Waals surface area contributed by atoms with E-state index in [2.05, 4.69) is 4.72 Å². The highest BCUT2D eigenvalue weighted by Gasteiger charge is 2.08. The van der Waals surface area contributed by atoms with Crippen LogP contribution in [0.5, 0.6) is 0 Å². The van der Waals surface area contributed by atoms with Crippen molar-refractivity contribution in [2.24, 2.45) is 0 Å². The van der Waals surface area contributed by atoms with Crippen molar-refractivity contribution < 1.29 is 17.3 Å². The van der Waals surface area contributed by atoms with E-state index >= 15 is 0 Å². The highest BCUT2D eigenvalue weighted by Crippen LogP contribution is 2.22. The topological polar surface area (TPSA) is 72.5 Å². The summed E-state index contributed by atoms with van der Waals surface area (Å²) >= 11 is 0. The van der Waals surface area contributed by atoms with Crippen LogP contribution in [0.1, 0.15) is 5.76 Å². The highest BCUT2D eigenvalue weighted by atomic mass is 32.2. The molecule has 0 aliphatic carbocycles. The molecule has 0 saturated carbocycles. The zero-order chi connectivity index (χ0) is 11.6. The van der Waals surface area contributed by atoms with Crippen LogP contribution in [0.15, 0.2) is 39.4 Å². The van der Waals surface area contributed by atoms with Crippen LogP contribution in [0.4, 0.5) is 0 Å². The van der Waals surface area contributed by atoms with E-state index in [0.717, 1.165) is 6.26 Å². The Balaban J connectivity index is 2.09. The van der Waals surface area contributed by atoms with E-state index in [1.54, 1.807) is 30.5 Å². The van der Waals surface area contributed by atoms with Gasteiger partial charge in [0.25, 0.3) is 0 Å². The summed E-state index contributed by atoms with van der Waals surface area (Å²) in [4.78, 5) is 0. The van der Waals surface area contributed by atoms with Crippen molar-refractivity contribution in [3.05, 3.63) is 36.3 Å². The van der Waals surface area contributed by atoms with Crippen LogP contribution in [0.2, 0.25) is 0 Å². The Hall–Kier alpha value is -1.53. The Morgan fingerprint density at radius 1 is 1.25 bits per heavy atom. The van der Waals surface area contributed by atoms with Crippen molar-refractivity contribution in [1.29, 1.82) is 0 Å². The summed E-state index contributed by atoms with van der Waals surface area (Å²) in [6.07, 6.45) is 2.65. The Morgan fingerprint density at radius 2 is 2.06 bits per heavy atom. The lowest BCUT2D eigenvalue weighted by molar-refractivity contribution is 0.486. The molecule has 2 heterocycles. The predicted octanol–water partition coefficient (Wildman–Crippen LogP) is 1.59. The number of hydrogen-bond acceptors (Lipinski definition) is 4. The summed E-state index contributed by atoms with van der Waals surface area (Å²) in [6, 6.07) is 6.97. The van der Waals surface area contributed by atoms with E-state index in [1.165, 1.54) is 0 Å². The number of sulfonamides is 1. The molecule has 2 rings (SSSR count). The van der Waals surface area contributed by atoms with Crippen LogP contribution in [0.3, 0.4) is 0 Å². The third-order valence-electron chi connectivity index (χ3n) is 1.93. The molecule has 86 valence electrons. The normalized spacial score (nSPS) is 11.8. The minimum atomic E-state index is -3.20. The fraction of sp³-hybridized carbons (Fsp3) is 0.200. The molecule has 16 heavy (non-hydrogen) atoms. The minimum absolute atomic E-state index is 0.138. The molecule has 0 aliphatic rings. The first-order valence-electron chi connectivity index (χ1n) is 4.62. The molecule has 0 aromatic carbocycles. The molecule has 2 aromatic rings. The molecule has 0 spiro atoms. The second-order valence-electron chi connectivity index (χ2n) is 3.34. The Morgan fingerprint density at radius 3 is 2.69 bits per heavy atom. The molecule has 0 amide bonds. The van der Waals surface area contributed by atoms with Gasteiger partial charge in [0.2, 0.25) is 10.0 Å². The third-order valence-corrected chi connectivity index (χ3v) is 2.60. The molecule has 5 nitrogen and oxygen atoms in total. The van der Waals surface area contributed by atoms with Gasteiger partial charge in [0.1, 0.15) is 5.76 Å². The molecule has 6 heteroatoms. The summed E-state index contributed by atoms with van der Waals surface area (Å²) in [5, 5.41) is 0. The fourth-order valence-corrected chi connectivity index (χ4v) is 1.63. The van der Waals surface area contributed by atoms with Gasteiger partial charge in [-0.1, -0.05) is 0 Å². The SMILES string of the molecule is CS(=O)(=O)NCc1ccc(-c2ccco2)o1. The first-order chi connectivity index (χ1) is 7.54. The smallest absolute Gasteiger partial charge is 0.209 e. The molecule has 1 N–H and O–H groups in total. The minimum Gasteiger partial charge on any atom is -0.461 e. The van der Waals surface area contributed by atoms with E-state index in [4.69, 9.17) is 8.83 Å². The van der Waals surface area contributed by atoms with Gasteiger partial charge in [-0.2, -0.15) is 0 Å². The van der Waals surface area contributed by atoms with Crippen molar-refractivity contribution in [2.75, 3.05) is 6.26 Å². The zero-order valence-corrected chi connectivity index (χ0v) is 9.45. The van der Waals surface area contributed by atoms with E-state index in [-0.39, 0.29) is 6.54 Å². The van der Waals surface area contributed by atoms with Crippen LogP contribution in [0, 0.1) is 0 Å². The number of hydrogen-bond donors (Lipinski definition) is 1. The monoisotopic (exact) mass is 241 g/mol. The Kier molecular flexibility index (Phi) is 2.84. The lowest BCUT2D eigenvalue weighted by Crippen LogP contribution is -2.20. The van der Waals surface area contributed by atoms with Gasteiger partial charge in [0.15, 0.2) is 11.5 Å². The van der Waals surface area contributed by atoms with Crippen molar-refractivity contribution in [1.82, 2.24) is 4.72 Å². The zero-order valence-electron chi connectivity index (χ0n) is 8.64. The summed E-state index contributed by atoms with van der Waals surface area (Å²) < 4.78 is 34.6. The number of furan rings is 2. The van der Waals surface area contributed by atoms with Crippen molar-refractivity contribution in [3.63, 3.8) is 0 Å². The van der Waals surface area contributed by atoms with Gasteiger partial charge < -0.3 is 8.83 Å². The maximum absolute atomic E-state index is 10.9. The van der Waals surface area contributed by atoms with E-state index in [9.17, 15) is 8.42 Å². The van der Waals surface area contributed by atoms with Crippen molar-refractivity contribution in [3.8, 4) is 11.5 Å². The second-order valence-corrected chi connectivity index (χ2v) is 5.17. The molecule has 0 bridgehead atoms. The lowest BCUT2D eigenvalue weighted by atomic mass is 10.3. The molecule has 0 fully saturated rings. The fourth-order valence-electron chi connectivity index (χ4n) is 1.23. The van der Waals surface area contributed by atoms with Crippen LogP contribution >= 0.6 is 0 Å². The van der Waals surface area contributed by atoms with Gasteiger partial charge in [0.05, 0.1) is 19.1 Å². The second kappa shape index (κ2) is 4.15. The standard InChI is InChI=1S/C10H11NO4S/c1-16(12,13)11-7-8-4-5-10(15-8)9-3-2-6-14-9/h2-6,11H,7H2,1H3. The van der Waals surface area contributed by atoms with Gasteiger partial charge >= 0.3 is 0 Å². The van der Waals surface area contributed by atoms with Gasteiger partial charge in [-0.25, -0.2) is 13.1 Å². The first kappa shape index (κ1) is 11.0. The molecule has 0 unspecified atom stereocenters. The summed E-state index contributed by atoms with van der Waals surface area (Å²) in [7, 11) is -3.20. The molecular formula is C10H11NO4S. The van der Waals surface area contributed by atoms with Gasteiger partial charge in [-0.15, -0.1) is 0 Å². The number of nitrogens with one attached hydrogen (secondary N) is 1. The van der Waals surface area contributed by atoms with E-state index in [0.29, 0.717) is 17.3 Å². The maximum Gasteiger partial charge on any atom is 0.209 e. The van der Waals surface area contributed by atoms with Crippen LogP contribution in [0.25, 0.3) is 11.5 Å². The van der Waals surface area contributed by atoms with Gasteiger partial charge in [-0.3, -0.25) is 0 Å². The molecular weight excluding hydrogens is 230 g/mol. The largest absolute Gasteiger partial charge is 0.461 e. The summed E-state index contributed by atoms with van der Waals surface area (Å²) in [5.41, 5.74) is 0. The Bertz CT molecular complexity index is 553. The molecule has 2 aromatic heterocycles. The van der Waals surface area contributed by atoms with Gasteiger partial charge in [-0.05, 0) is 24.3 Å². The highest BCUT2D eigenvalue weighted by molar-refractivity contribution is 7.88. The van der Waals surface area contributed by atoms with Crippen LogP contribution < -0.4 is 4.72 Å². The Labute approximate surface area is 93.1 Å². The first-order valence-corrected chi connectivity index (χ1v) is 6.51. The van der Waals surface area contributed by atoms with E-state index in [1.807, 2.05) is 0 Å². The maximum atomic E-state index is 10.9. The molecule has 0 aliphatic heterocycles. The van der Waals surface area contributed by atoms with E-state index < -0.39 is 10.0 Å². The van der Waals surface area contributed by atoms with Crippen LogP contribution in [-0.2, 0) is 16.6 Å². The number of rotatable bonds is 4. The summed E-state index contributed by atoms with van der Waals surface area (Å²) in [5.74, 6) is 1.73. The predicted molar refractivity (Wildman–Crippen MR) is 58.1 cm³/mol. The van der Waals surface area contributed by atoms with Crippen molar-refractivity contribution >= 4 is 10.0 Å².